The molecule has 0 aliphatic carbocycles. The molecule has 0 radical (unpaired) electrons. The quantitative estimate of drug-likeness (QED) is 0.427. The fraction of sp³-hybridized carbons (Fsp3) is 0.474. The van der Waals surface area contributed by atoms with Crippen molar-refractivity contribution in [3.63, 3.8) is 0 Å². The molecular weight excluding hydrogens is 352 g/mol. The van der Waals surface area contributed by atoms with Crippen molar-refractivity contribution in [2.45, 2.75) is 45.8 Å². The Hall–Kier alpha value is -2.90. The highest BCUT2D eigenvalue weighted by atomic mass is 16.6. The first-order chi connectivity index (χ1) is 12.6. The van der Waals surface area contributed by atoms with E-state index in [1.165, 1.54) is 7.11 Å². The number of carbonyl (C=O) groups is 3. The van der Waals surface area contributed by atoms with Gasteiger partial charge in [0.15, 0.2) is 0 Å². The topological polar surface area (TPSA) is 115 Å². The van der Waals surface area contributed by atoms with E-state index >= 15 is 0 Å². The second kappa shape index (κ2) is 9.70. The zero-order chi connectivity index (χ0) is 20.6. The molecule has 148 valence electrons. The molecule has 0 aliphatic rings. The van der Waals surface area contributed by atoms with Crippen LogP contribution in [0.25, 0.3) is 0 Å². The lowest BCUT2D eigenvalue weighted by Gasteiger charge is -2.23. The van der Waals surface area contributed by atoms with Crippen LogP contribution in [0.5, 0.6) is 0 Å². The van der Waals surface area contributed by atoms with E-state index < -0.39 is 29.7 Å². The summed E-state index contributed by atoms with van der Waals surface area (Å²) in [5.41, 5.74) is -0.222. The van der Waals surface area contributed by atoms with Crippen LogP contribution in [-0.4, -0.2) is 49.1 Å². The van der Waals surface area contributed by atoms with E-state index in [1.54, 1.807) is 52.0 Å². The molecule has 0 saturated carbocycles. The second-order valence-corrected chi connectivity index (χ2v) is 6.68. The first-order valence-corrected chi connectivity index (χ1v) is 8.50. The molecule has 1 amide bonds. The highest BCUT2D eigenvalue weighted by molar-refractivity contribution is 6.42. The molecule has 1 aromatic carbocycles. The van der Waals surface area contributed by atoms with Crippen LogP contribution in [-0.2, 0) is 30.2 Å². The molecule has 1 aromatic rings. The van der Waals surface area contributed by atoms with Crippen molar-refractivity contribution in [2.75, 3.05) is 13.7 Å². The van der Waals surface area contributed by atoms with E-state index in [4.69, 9.17) is 19.6 Å². The summed E-state index contributed by atoms with van der Waals surface area (Å²) < 4.78 is 14.8. The van der Waals surface area contributed by atoms with Crippen molar-refractivity contribution < 1.29 is 28.6 Å². The molecule has 0 aromatic heterocycles. The second-order valence-electron chi connectivity index (χ2n) is 6.68. The summed E-state index contributed by atoms with van der Waals surface area (Å²) in [7, 11) is 1.21. The smallest absolute Gasteiger partial charge is 0.408 e. The molecule has 0 saturated heterocycles. The van der Waals surface area contributed by atoms with E-state index in [0.717, 1.165) is 0 Å². The van der Waals surface area contributed by atoms with Gasteiger partial charge in [-0.3, -0.25) is 5.41 Å². The van der Waals surface area contributed by atoms with Crippen molar-refractivity contribution in [1.82, 2.24) is 5.32 Å². The summed E-state index contributed by atoms with van der Waals surface area (Å²) in [6.45, 7) is 6.91. The lowest BCUT2D eigenvalue weighted by atomic mass is 9.97. The van der Waals surface area contributed by atoms with Crippen LogP contribution in [0.1, 0.15) is 38.8 Å². The van der Waals surface area contributed by atoms with Crippen LogP contribution in [0.2, 0.25) is 0 Å². The van der Waals surface area contributed by atoms with Crippen LogP contribution >= 0.6 is 0 Å². The summed E-state index contributed by atoms with van der Waals surface area (Å²) >= 11 is 0. The summed E-state index contributed by atoms with van der Waals surface area (Å²) in [4.78, 5) is 36.0. The minimum atomic E-state index is -1.04. The van der Waals surface area contributed by atoms with E-state index in [0.29, 0.717) is 11.1 Å². The normalized spacial score (nSPS) is 11.9. The Bertz CT molecular complexity index is 708. The van der Waals surface area contributed by atoms with Gasteiger partial charge in [0.2, 0.25) is 0 Å². The predicted molar refractivity (Wildman–Crippen MR) is 98.8 cm³/mol. The Kier molecular flexibility index (Phi) is 7.96. The average molecular weight is 378 g/mol. The van der Waals surface area contributed by atoms with Crippen LogP contribution in [0, 0.1) is 5.41 Å². The fourth-order valence-electron chi connectivity index (χ4n) is 2.26. The number of nitrogens with one attached hydrogen (secondary N) is 2. The molecule has 0 unspecified atom stereocenters. The number of rotatable bonds is 7. The first-order valence-electron chi connectivity index (χ1n) is 8.50. The number of ether oxygens (including phenoxy) is 3. The molecule has 0 fully saturated rings. The number of esters is 2. The maximum atomic E-state index is 12.1. The average Bonchev–Trinajstić information content (AvgIpc) is 2.58. The molecule has 0 heterocycles. The molecule has 8 heteroatoms. The van der Waals surface area contributed by atoms with E-state index in [1.807, 2.05) is 0 Å². The van der Waals surface area contributed by atoms with Crippen molar-refractivity contribution >= 4 is 23.7 Å². The lowest BCUT2D eigenvalue weighted by Crippen LogP contribution is -2.45. The van der Waals surface area contributed by atoms with Gasteiger partial charge in [0.05, 0.1) is 13.7 Å². The molecule has 0 bridgehead atoms. The highest BCUT2D eigenvalue weighted by Crippen LogP contribution is 2.15. The van der Waals surface area contributed by atoms with Crippen molar-refractivity contribution in [1.29, 1.82) is 5.41 Å². The number of carbonyl (C=O) groups excluding carboxylic acids is 3. The molecular formula is C19H26N2O6. The largest absolute Gasteiger partial charge is 0.467 e. The van der Waals surface area contributed by atoms with Crippen LogP contribution in [0.4, 0.5) is 4.79 Å². The molecule has 0 spiro atoms. The number of amides is 1. The standard InChI is InChI=1S/C19H26N2O6/c1-6-26-17(23)15(20)13-10-8-7-9-12(13)11-14(16(22)25-5)21-18(24)27-19(2,3)4/h7-10,14,20H,6,11H2,1-5H3,(H,21,24)/t14-/m0/s1. The summed E-state index contributed by atoms with van der Waals surface area (Å²) in [6.07, 6.45) is -0.750. The Labute approximate surface area is 158 Å². The molecule has 27 heavy (non-hydrogen) atoms. The summed E-state index contributed by atoms with van der Waals surface area (Å²) in [5, 5.41) is 10.5. The van der Waals surface area contributed by atoms with E-state index in [9.17, 15) is 14.4 Å². The van der Waals surface area contributed by atoms with Crippen molar-refractivity contribution in [2.24, 2.45) is 0 Å². The Balaban J connectivity index is 3.06. The lowest BCUT2D eigenvalue weighted by molar-refractivity contribution is -0.143. The third-order valence-corrected chi connectivity index (χ3v) is 3.37. The first kappa shape index (κ1) is 22.1. The number of hydrogen-bond donors (Lipinski definition) is 2. The van der Waals surface area contributed by atoms with Gasteiger partial charge in [-0.15, -0.1) is 0 Å². The minimum Gasteiger partial charge on any atom is -0.467 e. The Morgan fingerprint density at radius 1 is 1.19 bits per heavy atom. The van der Waals surface area contributed by atoms with Crippen molar-refractivity contribution in [3.8, 4) is 0 Å². The number of methoxy groups -OCH3 is 1. The zero-order valence-electron chi connectivity index (χ0n) is 16.3. The number of benzene rings is 1. The van der Waals surface area contributed by atoms with E-state index in [2.05, 4.69) is 5.32 Å². The van der Waals surface area contributed by atoms with Gasteiger partial charge in [-0.2, -0.15) is 0 Å². The van der Waals surface area contributed by atoms with Gasteiger partial charge in [0.25, 0.3) is 0 Å². The van der Waals surface area contributed by atoms with Crippen LogP contribution in [0.3, 0.4) is 0 Å². The third-order valence-electron chi connectivity index (χ3n) is 3.37. The van der Waals surface area contributed by atoms with Crippen LogP contribution < -0.4 is 5.32 Å². The van der Waals surface area contributed by atoms with Gasteiger partial charge in [0, 0.05) is 12.0 Å². The predicted octanol–water partition coefficient (Wildman–Crippen LogP) is 2.23. The maximum Gasteiger partial charge on any atom is 0.408 e. The summed E-state index contributed by atoms with van der Waals surface area (Å²) in [6, 6.07) is 5.58. The van der Waals surface area contributed by atoms with Gasteiger partial charge in [0.1, 0.15) is 17.4 Å². The summed E-state index contributed by atoms with van der Waals surface area (Å²) in [5.74, 6) is -1.43. The number of hydrogen-bond acceptors (Lipinski definition) is 7. The van der Waals surface area contributed by atoms with E-state index in [-0.39, 0.29) is 18.7 Å². The molecule has 0 aliphatic heterocycles. The van der Waals surface area contributed by atoms with Gasteiger partial charge in [-0.05, 0) is 33.3 Å². The Morgan fingerprint density at radius 2 is 1.81 bits per heavy atom. The molecule has 2 N–H and O–H groups in total. The van der Waals surface area contributed by atoms with Crippen molar-refractivity contribution in [3.05, 3.63) is 35.4 Å². The fourth-order valence-corrected chi connectivity index (χ4v) is 2.26. The zero-order valence-corrected chi connectivity index (χ0v) is 16.3. The van der Waals surface area contributed by atoms with Gasteiger partial charge in [-0.25, -0.2) is 14.4 Å². The monoisotopic (exact) mass is 378 g/mol. The van der Waals surface area contributed by atoms with Gasteiger partial charge in [-0.1, -0.05) is 24.3 Å². The molecule has 1 atom stereocenters. The molecule has 1 rings (SSSR count). The maximum absolute atomic E-state index is 12.1. The highest BCUT2D eigenvalue weighted by Gasteiger charge is 2.27. The SMILES string of the molecule is CCOC(=O)C(=N)c1ccccc1C[C@H](NC(=O)OC(C)(C)C)C(=O)OC. The minimum absolute atomic E-state index is 0.0177. The van der Waals surface area contributed by atoms with Gasteiger partial charge < -0.3 is 19.5 Å². The van der Waals surface area contributed by atoms with Crippen LogP contribution in [0.15, 0.2) is 24.3 Å². The molecule has 8 nitrogen and oxygen atoms in total. The number of alkyl carbamates (subject to hydrolysis) is 1. The van der Waals surface area contributed by atoms with Gasteiger partial charge >= 0.3 is 18.0 Å². The Morgan fingerprint density at radius 3 is 2.37 bits per heavy atom. The third kappa shape index (κ3) is 7.08.